The molecule has 0 aromatic carbocycles. The van der Waals surface area contributed by atoms with E-state index >= 15 is 0 Å². The zero-order valence-electron chi connectivity index (χ0n) is 9.11. The molecule has 3 aromatic heterocycles. The largest absolute Gasteiger partial charge is 0.329 e. The molecule has 3 heterocycles. The Morgan fingerprint density at radius 2 is 2.12 bits per heavy atom. The predicted molar refractivity (Wildman–Crippen MR) is 64.7 cm³/mol. The summed E-state index contributed by atoms with van der Waals surface area (Å²) in [6, 6.07) is 1.87. The van der Waals surface area contributed by atoms with Crippen LogP contribution in [0.2, 0.25) is 0 Å². The highest BCUT2D eigenvalue weighted by atomic mass is 32.2. The molecule has 0 unspecified atom stereocenters. The number of nitrogens with zero attached hydrogens (tertiary/aromatic N) is 5. The van der Waals surface area contributed by atoms with Gasteiger partial charge < -0.3 is 4.57 Å². The zero-order valence-corrected chi connectivity index (χ0v) is 9.92. The molecule has 0 aliphatic heterocycles. The quantitative estimate of drug-likeness (QED) is 0.643. The lowest BCUT2D eigenvalue weighted by molar-refractivity contribution is 0.789. The summed E-state index contributed by atoms with van der Waals surface area (Å²) in [4.78, 5) is 16.9. The second kappa shape index (κ2) is 4.14. The number of aromatic nitrogens is 5. The third-order valence-corrected chi connectivity index (χ3v) is 3.46. The van der Waals surface area contributed by atoms with Crippen LogP contribution in [0.5, 0.6) is 0 Å². The van der Waals surface area contributed by atoms with Crippen molar-refractivity contribution in [1.29, 1.82) is 0 Å². The zero-order chi connectivity index (χ0) is 11.7. The average molecular weight is 243 g/mol. The Morgan fingerprint density at radius 3 is 2.94 bits per heavy atom. The number of aryl methyl sites for hydroxylation is 1. The van der Waals surface area contributed by atoms with Gasteiger partial charge in [0.25, 0.3) is 0 Å². The van der Waals surface area contributed by atoms with E-state index in [1.165, 1.54) is 11.8 Å². The first-order valence-corrected chi connectivity index (χ1v) is 5.86. The first-order valence-electron chi connectivity index (χ1n) is 5.04. The monoisotopic (exact) mass is 243 g/mol. The molecule has 0 bridgehead atoms. The average Bonchev–Trinajstić information content (AvgIpc) is 2.76. The summed E-state index contributed by atoms with van der Waals surface area (Å²) in [5.41, 5.74) is 0.895. The third kappa shape index (κ3) is 1.87. The summed E-state index contributed by atoms with van der Waals surface area (Å²) in [6.07, 6.45) is 8.74. The van der Waals surface area contributed by atoms with Crippen molar-refractivity contribution < 1.29 is 0 Å². The standard InChI is InChI=1S/C11H9N5S/c1-16-5-4-13-11(16)17-10-8-6-12-3-2-9(8)14-7-15-10/h2-7H,1H3. The summed E-state index contributed by atoms with van der Waals surface area (Å²) in [5.74, 6) is 0. The van der Waals surface area contributed by atoms with Crippen LogP contribution in [0.3, 0.4) is 0 Å². The summed E-state index contributed by atoms with van der Waals surface area (Å²) < 4.78 is 1.95. The topological polar surface area (TPSA) is 56.5 Å². The van der Waals surface area contributed by atoms with E-state index in [1.807, 2.05) is 23.9 Å². The van der Waals surface area contributed by atoms with Gasteiger partial charge in [-0.05, 0) is 17.8 Å². The summed E-state index contributed by atoms with van der Waals surface area (Å²) in [5, 5.41) is 2.72. The van der Waals surface area contributed by atoms with Crippen molar-refractivity contribution >= 4 is 22.7 Å². The number of rotatable bonds is 2. The Balaban J connectivity index is 2.09. The molecule has 5 nitrogen and oxygen atoms in total. The lowest BCUT2D eigenvalue weighted by Crippen LogP contribution is -1.92. The second-order valence-electron chi connectivity index (χ2n) is 3.49. The first-order chi connectivity index (χ1) is 8.34. The van der Waals surface area contributed by atoms with Crippen LogP contribution in [-0.4, -0.2) is 24.5 Å². The molecule has 0 saturated carbocycles. The molecule has 0 spiro atoms. The van der Waals surface area contributed by atoms with E-state index in [2.05, 4.69) is 19.9 Å². The minimum atomic E-state index is 0.873. The number of fused-ring (bicyclic) bond motifs is 1. The van der Waals surface area contributed by atoms with Crippen LogP contribution >= 0.6 is 11.8 Å². The molecule has 0 atom stereocenters. The molecule has 84 valence electrons. The van der Waals surface area contributed by atoms with Crippen molar-refractivity contribution in [1.82, 2.24) is 24.5 Å². The van der Waals surface area contributed by atoms with E-state index < -0.39 is 0 Å². The Labute approximate surface area is 102 Å². The summed E-state index contributed by atoms with van der Waals surface area (Å²) >= 11 is 1.51. The van der Waals surface area contributed by atoms with Crippen LogP contribution in [0.15, 0.2) is 47.4 Å². The second-order valence-corrected chi connectivity index (χ2v) is 4.45. The molecular weight excluding hydrogens is 234 g/mol. The molecule has 3 rings (SSSR count). The van der Waals surface area contributed by atoms with Crippen LogP contribution in [-0.2, 0) is 7.05 Å². The molecule has 3 aromatic rings. The van der Waals surface area contributed by atoms with Crippen molar-refractivity contribution in [3.63, 3.8) is 0 Å². The van der Waals surface area contributed by atoms with Crippen molar-refractivity contribution in [2.75, 3.05) is 0 Å². The fraction of sp³-hybridized carbons (Fsp3) is 0.0909. The highest BCUT2D eigenvalue weighted by Crippen LogP contribution is 2.28. The van der Waals surface area contributed by atoms with Crippen LogP contribution in [0, 0.1) is 0 Å². The molecule has 17 heavy (non-hydrogen) atoms. The maximum absolute atomic E-state index is 4.28. The number of pyridine rings is 1. The molecule has 0 amide bonds. The summed E-state index contributed by atoms with van der Waals surface area (Å²) in [7, 11) is 1.96. The van der Waals surface area contributed by atoms with Gasteiger partial charge in [-0.3, -0.25) is 4.98 Å². The number of hydrogen-bond donors (Lipinski definition) is 0. The van der Waals surface area contributed by atoms with Gasteiger partial charge in [0.2, 0.25) is 0 Å². The van der Waals surface area contributed by atoms with Crippen LogP contribution in [0.25, 0.3) is 10.9 Å². The lowest BCUT2D eigenvalue weighted by Gasteiger charge is -2.03. The van der Waals surface area contributed by atoms with Gasteiger partial charge in [-0.15, -0.1) is 0 Å². The minimum absolute atomic E-state index is 0.873. The molecule has 0 aliphatic carbocycles. The Morgan fingerprint density at radius 1 is 1.18 bits per heavy atom. The fourth-order valence-electron chi connectivity index (χ4n) is 1.50. The Hall–Kier alpha value is -1.95. The summed E-state index contributed by atoms with van der Waals surface area (Å²) in [6.45, 7) is 0. The van der Waals surface area contributed by atoms with Crippen molar-refractivity contribution in [2.45, 2.75) is 10.2 Å². The van der Waals surface area contributed by atoms with Gasteiger partial charge in [-0.25, -0.2) is 15.0 Å². The lowest BCUT2D eigenvalue weighted by atomic mass is 10.3. The Kier molecular flexibility index (Phi) is 2.49. The van der Waals surface area contributed by atoms with Gasteiger partial charge >= 0.3 is 0 Å². The molecular formula is C11H9N5S. The molecule has 0 N–H and O–H groups in total. The van der Waals surface area contributed by atoms with Crippen LogP contribution < -0.4 is 0 Å². The van der Waals surface area contributed by atoms with Crippen LogP contribution in [0.4, 0.5) is 0 Å². The fourth-order valence-corrected chi connectivity index (χ4v) is 2.35. The maximum atomic E-state index is 4.28. The van der Waals surface area contributed by atoms with Gasteiger partial charge in [0.1, 0.15) is 11.4 Å². The molecule has 0 aliphatic rings. The van der Waals surface area contributed by atoms with E-state index in [0.29, 0.717) is 0 Å². The van der Waals surface area contributed by atoms with Gasteiger partial charge in [0.05, 0.1) is 10.9 Å². The van der Waals surface area contributed by atoms with Crippen molar-refractivity contribution in [3.05, 3.63) is 37.2 Å². The Bertz CT molecular complexity index is 658. The maximum Gasteiger partial charge on any atom is 0.174 e. The molecule has 0 saturated heterocycles. The van der Waals surface area contributed by atoms with E-state index in [-0.39, 0.29) is 0 Å². The van der Waals surface area contributed by atoms with Crippen molar-refractivity contribution in [3.8, 4) is 0 Å². The molecule has 6 heteroatoms. The number of imidazole rings is 1. The van der Waals surface area contributed by atoms with E-state index in [9.17, 15) is 0 Å². The van der Waals surface area contributed by atoms with E-state index in [4.69, 9.17) is 0 Å². The highest BCUT2D eigenvalue weighted by Gasteiger charge is 2.08. The molecule has 0 radical (unpaired) electrons. The highest BCUT2D eigenvalue weighted by molar-refractivity contribution is 7.99. The minimum Gasteiger partial charge on any atom is -0.329 e. The van der Waals surface area contributed by atoms with Crippen molar-refractivity contribution in [2.24, 2.45) is 7.05 Å². The van der Waals surface area contributed by atoms with E-state index in [1.54, 1.807) is 24.9 Å². The third-order valence-electron chi connectivity index (χ3n) is 2.37. The predicted octanol–water partition coefficient (Wildman–Crippen LogP) is 1.91. The van der Waals surface area contributed by atoms with Gasteiger partial charge in [0, 0.05) is 31.8 Å². The molecule has 0 fully saturated rings. The van der Waals surface area contributed by atoms with Gasteiger partial charge in [0.15, 0.2) is 5.16 Å². The number of hydrogen-bond acceptors (Lipinski definition) is 5. The first kappa shape index (κ1) is 10.2. The van der Waals surface area contributed by atoms with Gasteiger partial charge in [-0.1, -0.05) is 0 Å². The normalized spacial score (nSPS) is 10.9. The van der Waals surface area contributed by atoms with Crippen LogP contribution in [0.1, 0.15) is 0 Å². The SMILES string of the molecule is Cn1ccnc1Sc1ncnc2ccncc12. The van der Waals surface area contributed by atoms with Gasteiger partial charge in [-0.2, -0.15) is 0 Å². The van der Waals surface area contributed by atoms with E-state index in [0.717, 1.165) is 21.1 Å². The smallest absolute Gasteiger partial charge is 0.174 e.